The highest BCUT2D eigenvalue weighted by molar-refractivity contribution is 5.41. The minimum Gasteiger partial charge on any atom is -0.379 e. The molecule has 0 aliphatic rings. The molecule has 0 unspecified atom stereocenters. The number of benzene rings is 2. The molecule has 0 bridgehead atoms. The highest BCUT2D eigenvalue weighted by Gasteiger charge is 2.32. The van der Waals surface area contributed by atoms with E-state index in [0.29, 0.717) is 0 Å². The van der Waals surface area contributed by atoms with Crippen molar-refractivity contribution in [2.75, 3.05) is 0 Å². The molecular formula is C16H15NO. The Morgan fingerprint density at radius 3 is 2.28 bits per heavy atom. The first-order valence-corrected chi connectivity index (χ1v) is 5.89. The first-order valence-electron chi connectivity index (χ1n) is 5.89. The Hall–Kier alpha value is -2.11. The van der Waals surface area contributed by atoms with Gasteiger partial charge in [0, 0.05) is 0 Å². The fourth-order valence-electron chi connectivity index (χ4n) is 2.22. The average Bonchev–Trinajstić information content (AvgIpc) is 2.40. The van der Waals surface area contributed by atoms with Crippen molar-refractivity contribution in [3.05, 3.63) is 71.3 Å². The molecule has 0 saturated carbocycles. The smallest absolute Gasteiger partial charge is 0.128 e. The third kappa shape index (κ3) is 2.13. The Morgan fingerprint density at radius 1 is 1.06 bits per heavy atom. The molecule has 2 heteroatoms. The van der Waals surface area contributed by atoms with E-state index in [9.17, 15) is 5.11 Å². The number of rotatable bonds is 3. The lowest BCUT2D eigenvalue weighted by molar-refractivity contribution is 0.0853. The lowest BCUT2D eigenvalue weighted by atomic mass is 9.82. The molecule has 0 aliphatic heterocycles. The molecule has 0 saturated heterocycles. The fraction of sp³-hybridized carbons (Fsp3) is 0.188. The number of aliphatic hydroxyl groups is 1. The molecule has 0 aliphatic carbocycles. The van der Waals surface area contributed by atoms with Gasteiger partial charge in [-0.05, 0) is 23.6 Å². The molecule has 18 heavy (non-hydrogen) atoms. The normalized spacial score (nSPS) is 13.6. The van der Waals surface area contributed by atoms with Gasteiger partial charge in [0.1, 0.15) is 5.60 Å². The molecular weight excluding hydrogens is 222 g/mol. The van der Waals surface area contributed by atoms with E-state index in [0.717, 1.165) is 16.7 Å². The third-order valence-electron chi connectivity index (χ3n) is 3.18. The van der Waals surface area contributed by atoms with Crippen LogP contribution in [0.15, 0.2) is 54.6 Å². The minimum atomic E-state index is -1.23. The predicted octanol–water partition coefficient (Wildman–Crippen LogP) is 3.14. The maximum Gasteiger partial charge on any atom is 0.128 e. The van der Waals surface area contributed by atoms with Crippen molar-refractivity contribution in [1.82, 2.24) is 0 Å². The lowest BCUT2D eigenvalue weighted by Gasteiger charge is -2.28. The van der Waals surface area contributed by atoms with Gasteiger partial charge in [-0.3, -0.25) is 0 Å². The first-order chi connectivity index (χ1) is 8.68. The van der Waals surface area contributed by atoms with Crippen molar-refractivity contribution in [2.24, 2.45) is 0 Å². The molecule has 1 atom stereocenters. The largest absolute Gasteiger partial charge is 0.379 e. The van der Waals surface area contributed by atoms with Gasteiger partial charge in [-0.25, -0.2) is 0 Å². The quantitative estimate of drug-likeness (QED) is 0.891. The zero-order valence-electron chi connectivity index (χ0n) is 10.3. The Kier molecular flexibility index (Phi) is 3.45. The standard InChI is InChI=1S/C16H15NO/c1-13-7-5-6-10-15(13)16(18,11-12-17)14-8-3-2-4-9-14/h2-10,18H,11H2,1H3/t16-/m1/s1. The first kappa shape index (κ1) is 12.3. The molecule has 2 aromatic carbocycles. The summed E-state index contributed by atoms with van der Waals surface area (Å²) in [6.07, 6.45) is 0.0435. The monoisotopic (exact) mass is 237 g/mol. The highest BCUT2D eigenvalue weighted by atomic mass is 16.3. The third-order valence-corrected chi connectivity index (χ3v) is 3.18. The van der Waals surface area contributed by atoms with Crippen LogP contribution in [0.3, 0.4) is 0 Å². The fourth-order valence-corrected chi connectivity index (χ4v) is 2.22. The molecule has 0 amide bonds. The number of aryl methyl sites for hydroxylation is 1. The summed E-state index contributed by atoms with van der Waals surface area (Å²) in [6, 6.07) is 19.1. The molecule has 0 spiro atoms. The van der Waals surface area contributed by atoms with E-state index in [-0.39, 0.29) is 6.42 Å². The van der Waals surface area contributed by atoms with Crippen LogP contribution < -0.4 is 0 Å². The Morgan fingerprint density at radius 2 is 1.67 bits per heavy atom. The van der Waals surface area contributed by atoms with Crippen LogP contribution >= 0.6 is 0 Å². The maximum absolute atomic E-state index is 10.9. The summed E-state index contributed by atoms with van der Waals surface area (Å²) in [5.74, 6) is 0. The summed E-state index contributed by atoms with van der Waals surface area (Å²) in [4.78, 5) is 0. The van der Waals surface area contributed by atoms with Gasteiger partial charge in [-0.2, -0.15) is 5.26 Å². The van der Waals surface area contributed by atoms with Crippen LogP contribution in [0.2, 0.25) is 0 Å². The summed E-state index contributed by atoms with van der Waals surface area (Å²) in [6.45, 7) is 1.95. The zero-order valence-corrected chi connectivity index (χ0v) is 10.3. The number of hydrogen-bond acceptors (Lipinski definition) is 2. The van der Waals surface area contributed by atoms with Gasteiger partial charge < -0.3 is 5.11 Å². The van der Waals surface area contributed by atoms with E-state index >= 15 is 0 Å². The van der Waals surface area contributed by atoms with Crippen LogP contribution in [0.25, 0.3) is 0 Å². The van der Waals surface area contributed by atoms with Crippen LogP contribution in [0, 0.1) is 18.3 Å². The van der Waals surface area contributed by atoms with Gasteiger partial charge in [-0.1, -0.05) is 54.6 Å². The summed E-state index contributed by atoms with van der Waals surface area (Å²) in [5.41, 5.74) is 1.29. The highest BCUT2D eigenvalue weighted by Crippen LogP contribution is 2.34. The second-order valence-electron chi connectivity index (χ2n) is 4.38. The second kappa shape index (κ2) is 5.03. The summed E-state index contributed by atoms with van der Waals surface area (Å²) < 4.78 is 0. The minimum absolute atomic E-state index is 0.0435. The average molecular weight is 237 g/mol. The van der Waals surface area contributed by atoms with Gasteiger partial charge in [0.2, 0.25) is 0 Å². The molecule has 0 heterocycles. The van der Waals surface area contributed by atoms with Crippen molar-refractivity contribution in [1.29, 1.82) is 5.26 Å². The van der Waals surface area contributed by atoms with Crippen LogP contribution in [0.4, 0.5) is 0 Å². The molecule has 2 nitrogen and oxygen atoms in total. The van der Waals surface area contributed by atoms with E-state index in [1.165, 1.54) is 0 Å². The number of nitrogens with zero attached hydrogens (tertiary/aromatic N) is 1. The van der Waals surface area contributed by atoms with Gasteiger partial charge in [0.25, 0.3) is 0 Å². The molecule has 2 aromatic rings. The van der Waals surface area contributed by atoms with Gasteiger partial charge in [0.15, 0.2) is 0 Å². The van der Waals surface area contributed by atoms with Crippen LogP contribution in [0.1, 0.15) is 23.1 Å². The Bertz CT molecular complexity index is 571. The molecule has 2 rings (SSSR count). The van der Waals surface area contributed by atoms with E-state index < -0.39 is 5.60 Å². The SMILES string of the molecule is Cc1ccccc1[C@@](O)(CC#N)c1ccccc1. The summed E-state index contributed by atoms with van der Waals surface area (Å²) in [5, 5.41) is 19.9. The second-order valence-corrected chi connectivity index (χ2v) is 4.38. The van der Waals surface area contributed by atoms with E-state index in [1.807, 2.05) is 61.5 Å². The Labute approximate surface area is 107 Å². The molecule has 0 aromatic heterocycles. The van der Waals surface area contributed by atoms with Crippen LogP contribution in [0.5, 0.6) is 0 Å². The number of hydrogen-bond donors (Lipinski definition) is 1. The van der Waals surface area contributed by atoms with Crippen LogP contribution in [-0.4, -0.2) is 5.11 Å². The van der Waals surface area contributed by atoms with Crippen molar-refractivity contribution >= 4 is 0 Å². The van der Waals surface area contributed by atoms with E-state index in [1.54, 1.807) is 0 Å². The zero-order chi connectivity index (χ0) is 13.0. The topological polar surface area (TPSA) is 44.0 Å². The molecule has 1 N–H and O–H groups in total. The summed E-state index contributed by atoms with van der Waals surface area (Å²) in [7, 11) is 0. The summed E-state index contributed by atoms with van der Waals surface area (Å²) >= 11 is 0. The van der Waals surface area contributed by atoms with Gasteiger partial charge in [0.05, 0.1) is 12.5 Å². The molecule has 90 valence electrons. The van der Waals surface area contributed by atoms with Crippen molar-refractivity contribution in [2.45, 2.75) is 18.9 Å². The maximum atomic E-state index is 10.9. The van der Waals surface area contributed by atoms with E-state index in [4.69, 9.17) is 5.26 Å². The Balaban J connectivity index is 2.59. The molecule has 0 radical (unpaired) electrons. The van der Waals surface area contributed by atoms with Gasteiger partial charge in [-0.15, -0.1) is 0 Å². The van der Waals surface area contributed by atoms with E-state index in [2.05, 4.69) is 6.07 Å². The lowest BCUT2D eigenvalue weighted by Crippen LogP contribution is -2.27. The molecule has 0 fully saturated rings. The van der Waals surface area contributed by atoms with Crippen molar-refractivity contribution in [3.8, 4) is 6.07 Å². The van der Waals surface area contributed by atoms with Gasteiger partial charge >= 0.3 is 0 Å². The van der Waals surface area contributed by atoms with Crippen molar-refractivity contribution < 1.29 is 5.11 Å². The van der Waals surface area contributed by atoms with Crippen LogP contribution in [-0.2, 0) is 5.60 Å². The van der Waals surface area contributed by atoms with Crippen molar-refractivity contribution in [3.63, 3.8) is 0 Å². The number of nitriles is 1. The predicted molar refractivity (Wildman–Crippen MR) is 70.8 cm³/mol.